The average molecular weight is 302 g/mol. The smallest absolute Gasteiger partial charge is 0.309 e. The Hall–Kier alpha value is -1.67. The van der Waals surface area contributed by atoms with Crippen LogP contribution in [0.4, 0.5) is 8.78 Å². The zero-order valence-electron chi connectivity index (χ0n) is 10.9. The molecule has 0 spiro atoms. The van der Waals surface area contributed by atoms with Gasteiger partial charge >= 0.3 is 5.97 Å². The minimum atomic E-state index is -1.71. The van der Waals surface area contributed by atoms with Crippen molar-refractivity contribution in [1.29, 1.82) is 5.26 Å². The van der Waals surface area contributed by atoms with Crippen molar-refractivity contribution < 1.29 is 18.3 Å². The molecule has 0 saturated carbocycles. The maximum Gasteiger partial charge on any atom is 0.309 e. The van der Waals surface area contributed by atoms with Crippen LogP contribution in [-0.2, 0) is 9.53 Å². The van der Waals surface area contributed by atoms with E-state index in [4.69, 9.17) is 16.9 Å². The van der Waals surface area contributed by atoms with Crippen LogP contribution in [0.25, 0.3) is 0 Å². The maximum absolute atomic E-state index is 13.7. The average Bonchev–Trinajstić information content (AvgIpc) is 2.37. The molecule has 3 nitrogen and oxygen atoms in total. The molecular weight excluding hydrogens is 288 g/mol. The predicted octanol–water partition coefficient (Wildman–Crippen LogP) is 4.12. The Morgan fingerprint density at radius 2 is 2.25 bits per heavy atom. The van der Waals surface area contributed by atoms with Gasteiger partial charge in [0.2, 0.25) is 6.36 Å². The van der Waals surface area contributed by atoms with E-state index in [2.05, 4.69) is 4.74 Å². The van der Waals surface area contributed by atoms with Gasteiger partial charge in [0.25, 0.3) is 0 Å². The summed E-state index contributed by atoms with van der Waals surface area (Å²) in [5.74, 6) is -2.68. The molecule has 0 aliphatic carbocycles. The highest BCUT2D eigenvalue weighted by Crippen LogP contribution is 2.29. The van der Waals surface area contributed by atoms with E-state index < -0.39 is 30.5 Å². The normalized spacial score (nSPS) is 13.3. The lowest BCUT2D eigenvalue weighted by Crippen LogP contribution is -2.16. The quantitative estimate of drug-likeness (QED) is 0.743. The minimum Gasteiger partial charge on any atom is -0.431 e. The van der Waals surface area contributed by atoms with Gasteiger partial charge in [-0.2, -0.15) is 5.26 Å². The topological polar surface area (TPSA) is 50.1 Å². The lowest BCUT2D eigenvalue weighted by Gasteiger charge is -2.13. The fourth-order valence-corrected chi connectivity index (χ4v) is 1.99. The van der Waals surface area contributed by atoms with Crippen LogP contribution in [0, 0.1) is 17.1 Å². The molecule has 0 fully saturated rings. The first kappa shape index (κ1) is 16.4. The van der Waals surface area contributed by atoms with Crippen molar-refractivity contribution in [3.63, 3.8) is 0 Å². The number of nitriles is 1. The maximum atomic E-state index is 13.7. The second-order valence-electron chi connectivity index (χ2n) is 4.21. The van der Waals surface area contributed by atoms with Crippen molar-refractivity contribution in [2.24, 2.45) is 0 Å². The Balaban J connectivity index is 2.78. The number of rotatable bonds is 6. The van der Waals surface area contributed by atoms with Crippen LogP contribution in [0.3, 0.4) is 0 Å². The molecule has 108 valence electrons. The van der Waals surface area contributed by atoms with Crippen LogP contribution in [0.2, 0.25) is 5.02 Å². The molecule has 0 aliphatic rings. The molecule has 20 heavy (non-hydrogen) atoms. The van der Waals surface area contributed by atoms with Gasteiger partial charge < -0.3 is 4.74 Å². The molecule has 0 radical (unpaired) electrons. The van der Waals surface area contributed by atoms with E-state index in [1.165, 1.54) is 12.1 Å². The van der Waals surface area contributed by atoms with Gasteiger partial charge in [-0.15, -0.1) is 0 Å². The van der Waals surface area contributed by atoms with Gasteiger partial charge in [-0.1, -0.05) is 24.6 Å². The summed E-state index contributed by atoms with van der Waals surface area (Å²) in [5, 5.41) is 9.09. The van der Waals surface area contributed by atoms with E-state index in [1.54, 1.807) is 13.0 Å². The molecule has 2 atom stereocenters. The van der Waals surface area contributed by atoms with Gasteiger partial charge in [-0.25, -0.2) is 8.78 Å². The lowest BCUT2D eigenvalue weighted by atomic mass is 9.96. The van der Waals surface area contributed by atoms with Crippen LogP contribution in [0.15, 0.2) is 18.2 Å². The van der Waals surface area contributed by atoms with Crippen LogP contribution in [0.5, 0.6) is 0 Å². The Labute approximate surface area is 121 Å². The Bertz CT molecular complexity index is 496. The first-order valence-corrected chi connectivity index (χ1v) is 6.54. The number of hydrogen-bond donors (Lipinski definition) is 0. The van der Waals surface area contributed by atoms with Gasteiger partial charge in [0.15, 0.2) is 0 Å². The molecule has 0 heterocycles. The van der Waals surface area contributed by atoms with E-state index in [9.17, 15) is 13.6 Å². The zero-order valence-corrected chi connectivity index (χ0v) is 11.7. The second kappa shape index (κ2) is 7.81. The summed E-state index contributed by atoms with van der Waals surface area (Å²) in [6.45, 7) is 1.75. The molecule has 0 amide bonds. The van der Waals surface area contributed by atoms with Crippen molar-refractivity contribution >= 4 is 17.6 Å². The molecule has 0 aliphatic heterocycles. The van der Waals surface area contributed by atoms with Crippen LogP contribution in [-0.4, -0.2) is 12.3 Å². The standard InChI is InChI=1S/C14H14ClF2NO2/c1-2-4-12(17)20-13(19)7-9(8-18)14-10(15)5-3-6-11(14)16/h3,5-6,9,12H,2,4,7H2,1H3. The summed E-state index contributed by atoms with van der Waals surface area (Å²) in [6, 6.07) is 5.75. The summed E-state index contributed by atoms with van der Waals surface area (Å²) < 4.78 is 31.3. The molecule has 0 aromatic heterocycles. The van der Waals surface area contributed by atoms with Gasteiger partial charge in [0.05, 0.1) is 18.4 Å². The highest BCUT2D eigenvalue weighted by molar-refractivity contribution is 6.31. The van der Waals surface area contributed by atoms with E-state index in [0.717, 1.165) is 6.07 Å². The highest BCUT2D eigenvalue weighted by atomic mass is 35.5. The number of esters is 1. The fraction of sp³-hybridized carbons (Fsp3) is 0.429. The third-order valence-corrected chi connectivity index (χ3v) is 2.98. The van der Waals surface area contributed by atoms with Crippen molar-refractivity contribution in [2.45, 2.75) is 38.5 Å². The summed E-state index contributed by atoms with van der Waals surface area (Å²) in [5.41, 5.74) is -0.0699. The summed E-state index contributed by atoms with van der Waals surface area (Å²) in [4.78, 5) is 11.5. The van der Waals surface area contributed by atoms with E-state index in [-0.39, 0.29) is 17.0 Å². The molecule has 0 N–H and O–H groups in total. The van der Waals surface area contributed by atoms with Crippen molar-refractivity contribution in [1.82, 2.24) is 0 Å². The molecule has 1 rings (SSSR count). The fourth-order valence-electron chi connectivity index (χ4n) is 1.70. The molecular formula is C14H14ClF2NO2. The number of hydrogen-bond acceptors (Lipinski definition) is 3. The van der Waals surface area contributed by atoms with Crippen LogP contribution < -0.4 is 0 Å². The van der Waals surface area contributed by atoms with Crippen molar-refractivity contribution in [3.05, 3.63) is 34.6 Å². The number of alkyl halides is 1. The molecule has 0 bridgehead atoms. The Kier molecular flexibility index (Phi) is 6.40. The van der Waals surface area contributed by atoms with E-state index in [0.29, 0.717) is 6.42 Å². The number of carbonyl (C=O) groups excluding carboxylic acids is 1. The van der Waals surface area contributed by atoms with Gasteiger partial charge in [-0.05, 0) is 18.6 Å². The number of ether oxygens (including phenoxy) is 1. The second-order valence-corrected chi connectivity index (χ2v) is 4.62. The first-order chi connectivity index (χ1) is 9.49. The minimum absolute atomic E-state index is 0.0507. The number of benzene rings is 1. The Morgan fingerprint density at radius 1 is 1.55 bits per heavy atom. The van der Waals surface area contributed by atoms with Crippen LogP contribution in [0.1, 0.15) is 37.7 Å². The molecule has 6 heteroatoms. The highest BCUT2D eigenvalue weighted by Gasteiger charge is 2.24. The van der Waals surface area contributed by atoms with Gasteiger partial charge in [0.1, 0.15) is 5.82 Å². The Morgan fingerprint density at radius 3 is 2.80 bits per heavy atom. The predicted molar refractivity (Wildman–Crippen MR) is 70.3 cm³/mol. The monoisotopic (exact) mass is 301 g/mol. The SMILES string of the molecule is CCCC(F)OC(=O)CC(C#N)c1c(F)cccc1Cl. The first-order valence-electron chi connectivity index (χ1n) is 6.16. The van der Waals surface area contributed by atoms with Crippen molar-refractivity contribution in [2.75, 3.05) is 0 Å². The number of halogens is 3. The number of carbonyl (C=O) groups is 1. The third kappa shape index (κ3) is 4.46. The number of nitrogens with zero attached hydrogens (tertiary/aromatic N) is 1. The summed E-state index contributed by atoms with van der Waals surface area (Å²) >= 11 is 5.82. The van der Waals surface area contributed by atoms with Gasteiger partial charge in [-0.3, -0.25) is 4.79 Å². The molecule has 1 aromatic carbocycles. The molecule has 0 saturated heterocycles. The van der Waals surface area contributed by atoms with Gasteiger partial charge in [0, 0.05) is 17.0 Å². The summed E-state index contributed by atoms with van der Waals surface area (Å²) in [6.07, 6.45) is -1.54. The largest absolute Gasteiger partial charge is 0.431 e. The zero-order chi connectivity index (χ0) is 15.1. The van der Waals surface area contributed by atoms with Crippen molar-refractivity contribution in [3.8, 4) is 6.07 Å². The summed E-state index contributed by atoms with van der Waals surface area (Å²) in [7, 11) is 0. The van der Waals surface area contributed by atoms with Crippen LogP contribution >= 0.6 is 11.6 Å². The third-order valence-electron chi connectivity index (χ3n) is 2.65. The molecule has 1 aromatic rings. The van der Waals surface area contributed by atoms with E-state index >= 15 is 0 Å². The molecule has 2 unspecified atom stereocenters. The van der Waals surface area contributed by atoms with E-state index in [1.807, 2.05) is 0 Å². The lowest BCUT2D eigenvalue weighted by molar-refractivity contribution is -0.158.